The summed E-state index contributed by atoms with van der Waals surface area (Å²) in [5.41, 5.74) is 3.15. The van der Waals surface area contributed by atoms with Gasteiger partial charge in [-0.15, -0.1) is 0 Å². The monoisotopic (exact) mass is 604 g/mol. The Bertz CT molecular complexity index is 1950. The van der Waals surface area contributed by atoms with Crippen molar-refractivity contribution >= 4 is 49.6 Å². The number of rotatable bonds is 6. The molecule has 3 aromatic carbocycles. The first-order valence-corrected chi connectivity index (χ1v) is 15.6. The van der Waals surface area contributed by atoms with E-state index in [1.54, 1.807) is 35.2 Å². The fourth-order valence-corrected chi connectivity index (χ4v) is 6.11. The first kappa shape index (κ1) is 28.4. The SMILES string of the molecule is CNC(=O)c1c(-c2ccc(F)cc2)oc2cc(N(C)S(C)(=O)=O)c([C@@H]3CCCN(C(=O)c4nc5ccccc5o4)C3)cc12. The molecule has 10 nitrogen and oxygen atoms in total. The van der Waals surface area contributed by atoms with Crippen LogP contribution < -0.4 is 9.62 Å². The molecule has 6 rings (SSSR count). The second kappa shape index (κ2) is 10.8. The van der Waals surface area contributed by atoms with Crippen LogP contribution in [0.3, 0.4) is 0 Å². The van der Waals surface area contributed by atoms with Crippen LogP contribution in [0.4, 0.5) is 10.1 Å². The molecule has 43 heavy (non-hydrogen) atoms. The number of oxazole rings is 1. The molecule has 0 radical (unpaired) electrons. The smallest absolute Gasteiger partial charge is 0.309 e. The molecule has 1 saturated heterocycles. The number of halogens is 1. The first-order valence-electron chi connectivity index (χ1n) is 13.7. The molecule has 3 heterocycles. The van der Waals surface area contributed by atoms with Crippen molar-refractivity contribution in [1.29, 1.82) is 0 Å². The molecular weight excluding hydrogens is 575 g/mol. The number of carbonyl (C=O) groups is 2. The van der Waals surface area contributed by atoms with Crippen LogP contribution in [0.25, 0.3) is 33.4 Å². The van der Waals surface area contributed by atoms with Crippen molar-refractivity contribution in [1.82, 2.24) is 15.2 Å². The van der Waals surface area contributed by atoms with Crippen LogP contribution in [0.5, 0.6) is 0 Å². The van der Waals surface area contributed by atoms with Gasteiger partial charge in [0.05, 0.1) is 17.5 Å². The van der Waals surface area contributed by atoms with Crippen molar-refractivity contribution in [2.24, 2.45) is 0 Å². The van der Waals surface area contributed by atoms with Crippen LogP contribution in [0, 0.1) is 5.82 Å². The lowest BCUT2D eigenvalue weighted by molar-refractivity contribution is 0.0669. The summed E-state index contributed by atoms with van der Waals surface area (Å²) in [6, 6.07) is 16.1. The average molecular weight is 605 g/mol. The van der Waals surface area contributed by atoms with E-state index in [-0.39, 0.29) is 35.6 Å². The Labute approximate surface area is 247 Å². The Morgan fingerprint density at radius 1 is 1.07 bits per heavy atom. The number of piperidine rings is 1. The molecule has 1 fully saturated rings. The average Bonchev–Trinajstić information content (AvgIpc) is 3.61. The molecule has 0 unspecified atom stereocenters. The van der Waals surface area contributed by atoms with E-state index in [0.29, 0.717) is 58.3 Å². The molecule has 1 aliphatic rings. The maximum Gasteiger partial charge on any atom is 0.309 e. The predicted molar refractivity (Wildman–Crippen MR) is 160 cm³/mol. The molecule has 12 heteroatoms. The summed E-state index contributed by atoms with van der Waals surface area (Å²) in [6.07, 6.45) is 2.43. The van der Waals surface area contributed by atoms with Crippen LogP contribution in [0.15, 0.2) is 69.5 Å². The number of carbonyl (C=O) groups excluding carboxylic acids is 2. The van der Waals surface area contributed by atoms with E-state index in [4.69, 9.17) is 8.83 Å². The van der Waals surface area contributed by atoms with Crippen molar-refractivity contribution in [3.05, 3.63) is 83.5 Å². The highest BCUT2D eigenvalue weighted by atomic mass is 32.2. The van der Waals surface area contributed by atoms with Gasteiger partial charge in [-0.05, 0) is 60.9 Å². The topological polar surface area (TPSA) is 126 Å². The van der Waals surface area contributed by atoms with Crippen LogP contribution in [0.1, 0.15) is 45.4 Å². The molecule has 222 valence electrons. The van der Waals surface area contributed by atoms with Gasteiger partial charge in [0, 0.05) is 50.1 Å². The van der Waals surface area contributed by atoms with Crippen LogP contribution in [0.2, 0.25) is 0 Å². The van der Waals surface area contributed by atoms with Crippen molar-refractivity contribution in [2.75, 3.05) is 37.7 Å². The van der Waals surface area contributed by atoms with Gasteiger partial charge in [0.1, 0.15) is 22.7 Å². The first-order chi connectivity index (χ1) is 20.5. The van der Waals surface area contributed by atoms with E-state index in [9.17, 15) is 22.4 Å². The standard InChI is InChI=1S/C31H29FN4O6S/c1-33-29(37)27-22-15-21(19-7-6-14-36(17-19)31(38)30-34-23-8-4-5-9-25(23)42-30)24(35(2)43(3,39)40)16-26(22)41-28(27)18-10-12-20(32)13-11-18/h4-5,8-13,15-16,19H,6-7,14,17H2,1-3H3,(H,33,37)/t19-/m1/s1. The third-order valence-corrected chi connectivity index (χ3v) is 9.05. The zero-order valence-electron chi connectivity index (χ0n) is 23.8. The zero-order chi connectivity index (χ0) is 30.5. The summed E-state index contributed by atoms with van der Waals surface area (Å²) in [7, 11) is -0.738. The summed E-state index contributed by atoms with van der Waals surface area (Å²) < 4.78 is 52.2. The predicted octanol–water partition coefficient (Wildman–Crippen LogP) is 5.16. The highest BCUT2D eigenvalue weighted by Crippen LogP contribution is 2.42. The van der Waals surface area contributed by atoms with E-state index in [1.807, 2.05) is 6.07 Å². The highest BCUT2D eigenvalue weighted by Gasteiger charge is 2.33. The Hall–Kier alpha value is -4.71. The highest BCUT2D eigenvalue weighted by molar-refractivity contribution is 7.92. The van der Waals surface area contributed by atoms with E-state index in [2.05, 4.69) is 10.3 Å². The van der Waals surface area contributed by atoms with Gasteiger partial charge in [-0.25, -0.2) is 17.8 Å². The third-order valence-electron chi connectivity index (χ3n) is 7.86. The molecule has 1 atom stereocenters. The lowest BCUT2D eigenvalue weighted by atomic mass is 9.88. The van der Waals surface area contributed by atoms with Gasteiger partial charge >= 0.3 is 5.91 Å². The Balaban J connectivity index is 1.46. The Morgan fingerprint density at radius 3 is 2.51 bits per heavy atom. The van der Waals surface area contributed by atoms with Gasteiger partial charge in [-0.3, -0.25) is 13.9 Å². The fourth-order valence-electron chi connectivity index (χ4n) is 5.60. The number of hydrogen-bond donors (Lipinski definition) is 1. The van der Waals surface area contributed by atoms with Crippen LogP contribution in [-0.4, -0.2) is 63.6 Å². The van der Waals surface area contributed by atoms with Crippen molar-refractivity contribution < 1.29 is 31.2 Å². The summed E-state index contributed by atoms with van der Waals surface area (Å²) in [6.45, 7) is 0.767. The number of fused-ring (bicyclic) bond motifs is 2. The molecule has 0 saturated carbocycles. The van der Waals surface area contributed by atoms with E-state index < -0.39 is 21.7 Å². The number of anilines is 1. The second-order valence-corrected chi connectivity index (χ2v) is 12.6. The molecule has 0 spiro atoms. The number of aromatic nitrogens is 1. The molecule has 0 aliphatic carbocycles. The van der Waals surface area contributed by atoms with Crippen molar-refractivity contribution in [3.63, 3.8) is 0 Å². The minimum Gasteiger partial charge on any atom is -0.455 e. The maximum atomic E-state index is 13.7. The number of amides is 2. The zero-order valence-corrected chi connectivity index (χ0v) is 24.6. The van der Waals surface area contributed by atoms with Gasteiger partial charge in [0.25, 0.3) is 11.8 Å². The largest absolute Gasteiger partial charge is 0.455 e. The summed E-state index contributed by atoms with van der Waals surface area (Å²) in [5.74, 6) is -1.25. The van der Waals surface area contributed by atoms with Crippen molar-refractivity contribution in [3.8, 4) is 11.3 Å². The quantitative estimate of drug-likeness (QED) is 0.284. The lowest BCUT2D eigenvalue weighted by Crippen LogP contribution is -2.39. The maximum absolute atomic E-state index is 13.7. The van der Waals surface area contributed by atoms with E-state index >= 15 is 0 Å². The number of furan rings is 1. The fraction of sp³-hybridized carbons (Fsp3) is 0.258. The second-order valence-electron chi connectivity index (χ2n) is 10.6. The number of nitrogens with one attached hydrogen (secondary N) is 1. The van der Waals surface area contributed by atoms with Crippen molar-refractivity contribution in [2.45, 2.75) is 18.8 Å². The van der Waals surface area contributed by atoms with Gasteiger partial charge in [0.15, 0.2) is 5.58 Å². The minimum atomic E-state index is -3.69. The van der Waals surface area contributed by atoms with Crippen LogP contribution in [-0.2, 0) is 10.0 Å². The van der Waals surface area contributed by atoms with Gasteiger partial charge in [-0.2, -0.15) is 0 Å². The molecule has 1 N–H and O–H groups in total. The molecule has 2 amide bonds. The summed E-state index contributed by atoms with van der Waals surface area (Å²) >= 11 is 0. The number of para-hydroxylation sites is 2. The summed E-state index contributed by atoms with van der Waals surface area (Å²) in [4.78, 5) is 32.7. The molecule has 1 aliphatic heterocycles. The van der Waals surface area contributed by atoms with Gasteiger partial charge < -0.3 is 19.1 Å². The number of nitrogens with zero attached hydrogens (tertiary/aromatic N) is 3. The Kier molecular flexibility index (Phi) is 7.17. The van der Waals surface area contributed by atoms with E-state index in [0.717, 1.165) is 6.26 Å². The number of sulfonamides is 1. The van der Waals surface area contributed by atoms with Gasteiger partial charge in [0.2, 0.25) is 10.0 Å². The molecular formula is C31H29FN4O6S. The van der Waals surface area contributed by atoms with Crippen LogP contribution >= 0.6 is 0 Å². The number of benzene rings is 3. The van der Waals surface area contributed by atoms with Gasteiger partial charge in [-0.1, -0.05) is 12.1 Å². The molecule has 2 aromatic heterocycles. The third kappa shape index (κ3) is 5.22. The molecule has 0 bridgehead atoms. The number of likely N-dealkylation sites (tertiary alicyclic amines) is 1. The minimum absolute atomic E-state index is 0.00791. The molecule has 5 aromatic rings. The lowest BCUT2D eigenvalue weighted by Gasteiger charge is -2.34. The summed E-state index contributed by atoms with van der Waals surface area (Å²) in [5, 5.41) is 3.12. The Morgan fingerprint density at radius 2 is 1.81 bits per heavy atom. The number of hydrogen-bond acceptors (Lipinski definition) is 7. The normalized spacial score (nSPS) is 15.6. The van der Waals surface area contributed by atoms with E-state index in [1.165, 1.54) is 42.7 Å².